The minimum Gasteiger partial charge on any atom is -0.352 e. The van der Waals surface area contributed by atoms with Crippen LogP contribution in [0.1, 0.15) is 42.9 Å². The highest BCUT2D eigenvalue weighted by Crippen LogP contribution is 2.20. The molecule has 33 heavy (non-hydrogen) atoms. The lowest BCUT2D eigenvalue weighted by Gasteiger charge is -2.21. The van der Waals surface area contributed by atoms with Gasteiger partial charge in [0.1, 0.15) is 0 Å². The van der Waals surface area contributed by atoms with Gasteiger partial charge in [-0.1, -0.05) is 54.6 Å². The van der Waals surface area contributed by atoms with Crippen molar-refractivity contribution in [2.75, 3.05) is 20.1 Å². The number of guanidine groups is 1. The zero-order valence-corrected chi connectivity index (χ0v) is 22.0. The molecule has 2 heterocycles. The Morgan fingerprint density at radius 1 is 1.06 bits per heavy atom. The Kier molecular flexibility index (Phi) is 9.55. The third kappa shape index (κ3) is 7.17. The molecule has 2 unspecified atom stereocenters. The molecule has 2 N–H and O–H groups in total. The zero-order chi connectivity index (χ0) is 22.3. The van der Waals surface area contributed by atoms with Gasteiger partial charge >= 0.3 is 0 Å². The van der Waals surface area contributed by atoms with E-state index in [4.69, 9.17) is 0 Å². The summed E-state index contributed by atoms with van der Waals surface area (Å²) in [5.74, 6) is 1.11. The van der Waals surface area contributed by atoms with Crippen molar-refractivity contribution in [1.29, 1.82) is 0 Å². The second kappa shape index (κ2) is 12.4. The number of likely N-dealkylation sites (tertiary alicyclic amines) is 2. The number of nitrogens with zero attached hydrogens (tertiary/aromatic N) is 3. The summed E-state index contributed by atoms with van der Waals surface area (Å²) in [4.78, 5) is 20.8. The third-order valence-electron chi connectivity index (χ3n) is 6.49. The second-order valence-corrected chi connectivity index (χ2v) is 9.01. The number of carbonyl (C=O) groups excluding carboxylic acids is 1. The van der Waals surface area contributed by atoms with Gasteiger partial charge in [0, 0.05) is 58.3 Å². The lowest BCUT2D eigenvalue weighted by Crippen LogP contribution is -2.44. The molecular weight excluding hydrogens is 525 g/mol. The van der Waals surface area contributed by atoms with Crippen molar-refractivity contribution in [2.24, 2.45) is 4.99 Å². The number of rotatable bonds is 7. The number of hydrogen-bond acceptors (Lipinski definition) is 3. The predicted octanol–water partition coefficient (Wildman–Crippen LogP) is 3.76. The van der Waals surface area contributed by atoms with E-state index in [1.54, 1.807) is 0 Å². The van der Waals surface area contributed by atoms with Gasteiger partial charge in [-0.25, -0.2) is 0 Å². The molecule has 4 rings (SSSR count). The van der Waals surface area contributed by atoms with Gasteiger partial charge < -0.3 is 15.5 Å². The van der Waals surface area contributed by atoms with Crippen molar-refractivity contribution < 1.29 is 4.79 Å². The van der Waals surface area contributed by atoms with Crippen LogP contribution in [0.25, 0.3) is 0 Å². The number of benzene rings is 2. The molecule has 2 aromatic carbocycles. The summed E-state index contributed by atoms with van der Waals surface area (Å²) in [6.07, 6.45) is 2.77. The Labute approximate surface area is 214 Å². The van der Waals surface area contributed by atoms with Crippen molar-refractivity contribution in [3.05, 3.63) is 71.3 Å². The van der Waals surface area contributed by atoms with Crippen molar-refractivity contribution >= 4 is 35.8 Å². The fourth-order valence-electron chi connectivity index (χ4n) is 4.74. The third-order valence-corrected chi connectivity index (χ3v) is 6.49. The Morgan fingerprint density at radius 3 is 2.55 bits per heavy atom. The van der Waals surface area contributed by atoms with E-state index in [1.165, 1.54) is 16.7 Å². The summed E-state index contributed by atoms with van der Waals surface area (Å²) in [7, 11) is 1.82. The van der Waals surface area contributed by atoms with Crippen LogP contribution in [-0.4, -0.2) is 53.9 Å². The average molecular weight is 562 g/mol. The summed E-state index contributed by atoms with van der Waals surface area (Å²) in [5.41, 5.74) is 3.74. The lowest BCUT2D eigenvalue weighted by molar-refractivity contribution is -0.128. The minimum atomic E-state index is 0. The predicted molar refractivity (Wildman–Crippen MR) is 145 cm³/mol. The van der Waals surface area contributed by atoms with Crippen molar-refractivity contribution in [3.63, 3.8) is 0 Å². The van der Waals surface area contributed by atoms with Gasteiger partial charge in [0.25, 0.3) is 0 Å². The van der Waals surface area contributed by atoms with E-state index in [0.29, 0.717) is 31.6 Å². The number of carbonyl (C=O) groups is 1. The van der Waals surface area contributed by atoms with Crippen LogP contribution in [0.15, 0.2) is 59.6 Å². The summed E-state index contributed by atoms with van der Waals surface area (Å²) in [6.45, 7) is 6.58. The first-order valence-electron chi connectivity index (χ1n) is 11.7. The second-order valence-electron chi connectivity index (χ2n) is 9.01. The molecule has 178 valence electrons. The first-order chi connectivity index (χ1) is 15.6. The molecule has 0 aromatic heterocycles. The molecule has 0 aliphatic carbocycles. The Bertz CT molecular complexity index is 935. The van der Waals surface area contributed by atoms with Gasteiger partial charge in [0.15, 0.2) is 5.96 Å². The summed E-state index contributed by atoms with van der Waals surface area (Å²) in [5, 5.41) is 7.07. The molecule has 1 amide bonds. The van der Waals surface area contributed by atoms with Crippen LogP contribution in [-0.2, 0) is 24.4 Å². The minimum absolute atomic E-state index is 0. The first kappa shape index (κ1) is 25.5. The van der Waals surface area contributed by atoms with Gasteiger partial charge in [-0.05, 0) is 36.5 Å². The van der Waals surface area contributed by atoms with Crippen molar-refractivity contribution in [3.8, 4) is 0 Å². The molecule has 2 aliphatic rings. The van der Waals surface area contributed by atoms with E-state index < -0.39 is 0 Å². The van der Waals surface area contributed by atoms with Gasteiger partial charge in [0.05, 0.1) is 0 Å². The van der Waals surface area contributed by atoms with E-state index in [0.717, 1.165) is 38.4 Å². The summed E-state index contributed by atoms with van der Waals surface area (Å²) < 4.78 is 0. The Hall–Kier alpha value is -2.13. The maximum Gasteiger partial charge on any atom is 0.222 e. The molecule has 0 saturated carbocycles. The smallest absolute Gasteiger partial charge is 0.222 e. The number of aliphatic imine (C=N–C) groups is 1. The lowest BCUT2D eigenvalue weighted by atomic mass is 10.1. The highest BCUT2D eigenvalue weighted by Gasteiger charge is 2.29. The maximum absolute atomic E-state index is 11.9. The maximum atomic E-state index is 11.9. The molecular formula is C26H36IN5O. The fraction of sp³-hybridized carbons (Fsp3) is 0.462. The fourth-order valence-corrected chi connectivity index (χ4v) is 4.74. The van der Waals surface area contributed by atoms with Crippen molar-refractivity contribution in [2.45, 2.75) is 57.9 Å². The highest BCUT2D eigenvalue weighted by atomic mass is 127. The number of halogens is 1. The topological polar surface area (TPSA) is 60.0 Å². The number of nitrogens with one attached hydrogen (secondary N) is 2. The van der Waals surface area contributed by atoms with Gasteiger partial charge in [-0.3, -0.25) is 14.7 Å². The molecule has 7 heteroatoms. The number of hydrogen-bond donors (Lipinski definition) is 2. The quantitative estimate of drug-likeness (QED) is 0.307. The molecule has 2 saturated heterocycles. The van der Waals surface area contributed by atoms with E-state index >= 15 is 0 Å². The standard InChI is InChI=1S/C26H35N5O.HI/c1-20-14-24(19-31(20)17-21-8-4-3-5-9-21)29-26(27-2)28-16-22-10-6-11-23(15-22)18-30-13-7-12-25(30)32;/h3-6,8-11,15,20,24H,7,12-14,16-19H2,1-2H3,(H2,27,28,29);1H. The molecule has 2 atom stereocenters. The largest absolute Gasteiger partial charge is 0.352 e. The molecule has 2 aromatic rings. The normalized spacial score (nSPS) is 21.2. The van der Waals surface area contributed by atoms with Crippen LogP contribution in [0.5, 0.6) is 0 Å². The van der Waals surface area contributed by atoms with Crippen LogP contribution in [0.3, 0.4) is 0 Å². The van der Waals surface area contributed by atoms with E-state index in [1.807, 2.05) is 11.9 Å². The van der Waals surface area contributed by atoms with Crippen LogP contribution in [0.4, 0.5) is 0 Å². The van der Waals surface area contributed by atoms with Gasteiger partial charge in [-0.15, -0.1) is 24.0 Å². The summed E-state index contributed by atoms with van der Waals surface area (Å²) >= 11 is 0. The zero-order valence-electron chi connectivity index (χ0n) is 19.7. The molecule has 2 fully saturated rings. The number of amides is 1. The van der Waals surface area contributed by atoms with Crippen LogP contribution in [0, 0.1) is 0 Å². The average Bonchev–Trinajstić information content (AvgIpc) is 3.36. The van der Waals surface area contributed by atoms with Crippen LogP contribution in [0.2, 0.25) is 0 Å². The Morgan fingerprint density at radius 2 is 1.82 bits per heavy atom. The first-order valence-corrected chi connectivity index (χ1v) is 11.7. The monoisotopic (exact) mass is 561 g/mol. The SMILES string of the molecule is CN=C(NCc1cccc(CN2CCCC2=O)c1)NC1CC(C)N(Cc2ccccc2)C1.I. The molecule has 0 bridgehead atoms. The van der Waals surface area contributed by atoms with Crippen LogP contribution >= 0.6 is 24.0 Å². The molecule has 6 nitrogen and oxygen atoms in total. The molecule has 0 radical (unpaired) electrons. The van der Waals surface area contributed by atoms with Gasteiger partial charge in [0.2, 0.25) is 5.91 Å². The van der Waals surface area contributed by atoms with E-state index in [9.17, 15) is 4.79 Å². The van der Waals surface area contributed by atoms with E-state index in [-0.39, 0.29) is 29.9 Å². The van der Waals surface area contributed by atoms with Gasteiger partial charge in [-0.2, -0.15) is 0 Å². The highest BCUT2D eigenvalue weighted by molar-refractivity contribution is 14.0. The van der Waals surface area contributed by atoms with E-state index in [2.05, 4.69) is 82.0 Å². The molecule has 2 aliphatic heterocycles. The van der Waals surface area contributed by atoms with Crippen molar-refractivity contribution in [1.82, 2.24) is 20.4 Å². The summed E-state index contributed by atoms with van der Waals surface area (Å²) in [6, 6.07) is 20.1. The van der Waals surface area contributed by atoms with Crippen LogP contribution < -0.4 is 10.6 Å². The molecule has 0 spiro atoms. The Balaban J connectivity index is 0.00000306.